The molecule has 1 amide bonds. The molecule has 2 rings (SSSR count). The first-order valence-corrected chi connectivity index (χ1v) is 5.79. The molecular weight excluding hydrogens is 270 g/mol. The van der Waals surface area contributed by atoms with Gasteiger partial charge in [0.15, 0.2) is 11.5 Å². The third-order valence-corrected chi connectivity index (χ3v) is 2.64. The zero-order chi connectivity index (χ0) is 14.0. The molecule has 1 aromatic heterocycles. The largest absolute Gasteiger partial charge is 0.493 e. The molecule has 7 heteroatoms. The molecule has 1 N–H and O–H groups in total. The summed E-state index contributed by atoms with van der Waals surface area (Å²) in [7, 11) is 3.06. The minimum absolute atomic E-state index is 0.0449. The quantitative estimate of drug-likeness (QED) is 0.874. The van der Waals surface area contributed by atoms with Crippen molar-refractivity contribution in [2.45, 2.75) is 6.92 Å². The molecular formula is C12H12ClN3O3. The van der Waals surface area contributed by atoms with Gasteiger partial charge in [0.05, 0.1) is 19.7 Å². The first kappa shape index (κ1) is 13.4. The number of carbonyl (C=O) groups excluding carboxylic acids is 1. The summed E-state index contributed by atoms with van der Waals surface area (Å²) in [4.78, 5) is 19.3. The highest BCUT2D eigenvalue weighted by Crippen LogP contribution is 2.34. The van der Waals surface area contributed by atoms with E-state index in [-0.39, 0.29) is 11.2 Å². The zero-order valence-corrected chi connectivity index (χ0v) is 11.4. The van der Waals surface area contributed by atoms with Crippen molar-refractivity contribution in [1.82, 2.24) is 9.97 Å². The molecule has 0 unspecified atom stereocenters. The number of rotatable bonds is 3. The number of carbonyl (C=O) groups is 1. The summed E-state index contributed by atoms with van der Waals surface area (Å²) in [5, 5.41) is 3.27. The van der Waals surface area contributed by atoms with E-state index in [4.69, 9.17) is 21.1 Å². The number of halogens is 1. The van der Waals surface area contributed by atoms with Crippen molar-refractivity contribution in [3.8, 4) is 11.5 Å². The van der Waals surface area contributed by atoms with Crippen LogP contribution in [0.25, 0.3) is 10.9 Å². The Morgan fingerprint density at radius 3 is 2.42 bits per heavy atom. The Labute approximate surface area is 114 Å². The highest BCUT2D eigenvalue weighted by atomic mass is 35.5. The molecule has 0 aliphatic heterocycles. The molecule has 0 radical (unpaired) electrons. The average molecular weight is 282 g/mol. The lowest BCUT2D eigenvalue weighted by molar-refractivity contribution is -0.114. The van der Waals surface area contributed by atoms with Crippen LogP contribution in [0.4, 0.5) is 5.82 Å². The van der Waals surface area contributed by atoms with Crippen LogP contribution in [0.15, 0.2) is 12.1 Å². The molecule has 0 aliphatic rings. The van der Waals surface area contributed by atoms with Crippen LogP contribution in [0.2, 0.25) is 5.28 Å². The fourth-order valence-electron chi connectivity index (χ4n) is 1.69. The SMILES string of the molecule is COc1cc2nc(Cl)nc(NC(C)=O)c2cc1OC. The third-order valence-electron chi connectivity index (χ3n) is 2.47. The van der Waals surface area contributed by atoms with Gasteiger partial charge in [-0.3, -0.25) is 4.79 Å². The predicted octanol–water partition coefficient (Wildman–Crippen LogP) is 2.26. The maximum Gasteiger partial charge on any atom is 0.224 e. The molecule has 1 aromatic carbocycles. The van der Waals surface area contributed by atoms with Gasteiger partial charge in [0.2, 0.25) is 11.2 Å². The summed E-state index contributed by atoms with van der Waals surface area (Å²) in [5.41, 5.74) is 0.557. The van der Waals surface area contributed by atoms with E-state index in [9.17, 15) is 4.79 Å². The van der Waals surface area contributed by atoms with Crippen molar-refractivity contribution < 1.29 is 14.3 Å². The van der Waals surface area contributed by atoms with Gasteiger partial charge in [-0.2, -0.15) is 4.98 Å². The maximum absolute atomic E-state index is 11.2. The number of nitrogens with zero attached hydrogens (tertiary/aromatic N) is 2. The Balaban J connectivity index is 2.71. The van der Waals surface area contributed by atoms with Gasteiger partial charge in [-0.15, -0.1) is 0 Å². The van der Waals surface area contributed by atoms with Gasteiger partial charge in [-0.05, 0) is 17.7 Å². The Kier molecular flexibility index (Phi) is 3.71. The van der Waals surface area contributed by atoms with Crippen LogP contribution in [0, 0.1) is 0 Å². The topological polar surface area (TPSA) is 73.3 Å². The number of fused-ring (bicyclic) bond motifs is 1. The monoisotopic (exact) mass is 281 g/mol. The van der Waals surface area contributed by atoms with Gasteiger partial charge in [-0.25, -0.2) is 4.98 Å². The molecule has 0 saturated carbocycles. The van der Waals surface area contributed by atoms with E-state index in [2.05, 4.69) is 15.3 Å². The van der Waals surface area contributed by atoms with Crippen LogP contribution in [0.3, 0.4) is 0 Å². The first-order chi connectivity index (χ1) is 9.05. The molecule has 19 heavy (non-hydrogen) atoms. The van der Waals surface area contributed by atoms with Crippen molar-refractivity contribution >= 4 is 34.2 Å². The van der Waals surface area contributed by atoms with E-state index in [1.165, 1.54) is 21.1 Å². The summed E-state index contributed by atoms with van der Waals surface area (Å²) in [6.07, 6.45) is 0. The van der Waals surface area contributed by atoms with Gasteiger partial charge in [0.25, 0.3) is 0 Å². The highest BCUT2D eigenvalue weighted by Gasteiger charge is 2.13. The lowest BCUT2D eigenvalue weighted by atomic mass is 10.2. The van der Waals surface area contributed by atoms with Gasteiger partial charge in [0, 0.05) is 18.4 Å². The Morgan fingerprint density at radius 1 is 1.21 bits per heavy atom. The van der Waals surface area contributed by atoms with Gasteiger partial charge in [0.1, 0.15) is 5.82 Å². The van der Waals surface area contributed by atoms with Crippen LogP contribution < -0.4 is 14.8 Å². The number of benzene rings is 1. The Morgan fingerprint density at radius 2 is 1.84 bits per heavy atom. The molecule has 0 fully saturated rings. The normalized spacial score (nSPS) is 10.3. The number of hydrogen-bond donors (Lipinski definition) is 1. The van der Waals surface area contributed by atoms with Crippen molar-refractivity contribution in [2.75, 3.05) is 19.5 Å². The molecule has 1 heterocycles. The molecule has 0 spiro atoms. The van der Waals surface area contributed by atoms with Crippen LogP contribution in [-0.2, 0) is 4.79 Å². The van der Waals surface area contributed by atoms with Crippen molar-refractivity contribution in [1.29, 1.82) is 0 Å². The summed E-state index contributed by atoms with van der Waals surface area (Å²) in [6, 6.07) is 3.36. The van der Waals surface area contributed by atoms with E-state index in [0.717, 1.165) is 0 Å². The van der Waals surface area contributed by atoms with Crippen molar-refractivity contribution in [3.05, 3.63) is 17.4 Å². The number of ether oxygens (including phenoxy) is 2. The maximum atomic E-state index is 11.2. The molecule has 0 atom stereocenters. The average Bonchev–Trinajstić information content (AvgIpc) is 2.36. The highest BCUT2D eigenvalue weighted by molar-refractivity contribution is 6.29. The summed E-state index contributed by atoms with van der Waals surface area (Å²) in [5.74, 6) is 1.14. The second-order valence-electron chi connectivity index (χ2n) is 3.75. The van der Waals surface area contributed by atoms with Crippen LogP contribution in [-0.4, -0.2) is 30.1 Å². The molecule has 0 saturated heterocycles. The van der Waals surface area contributed by atoms with Crippen LogP contribution >= 0.6 is 11.6 Å². The number of nitrogens with one attached hydrogen (secondary N) is 1. The summed E-state index contributed by atoms with van der Waals surface area (Å²) in [6.45, 7) is 1.39. The fraction of sp³-hybridized carbons (Fsp3) is 0.250. The third kappa shape index (κ3) is 2.68. The second-order valence-corrected chi connectivity index (χ2v) is 4.08. The lowest BCUT2D eigenvalue weighted by Gasteiger charge is -2.11. The Bertz CT molecular complexity index is 646. The van der Waals surface area contributed by atoms with E-state index < -0.39 is 0 Å². The van der Waals surface area contributed by atoms with Gasteiger partial charge >= 0.3 is 0 Å². The molecule has 0 aliphatic carbocycles. The van der Waals surface area contributed by atoms with Crippen molar-refractivity contribution in [3.63, 3.8) is 0 Å². The zero-order valence-electron chi connectivity index (χ0n) is 10.7. The fourth-order valence-corrected chi connectivity index (χ4v) is 1.86. The van der Waals surface area contributed by atoms with E-state index >= 15 is 0 Å². The smallest absolute Gasteiger partial charge is 0.224 e. The summed E-state index contributed by atoms with van der Waals surface area (Å²) >= 11 is 5.83. The van der Waals surface area contributed by atoms with Gasteiger partial charge < -0.3 is 14.8 Å². The molecule has 2 aromatic rings. The second kappa shape index (κ2) is 5.27. The predicted molar refractivity (Wildman–Crippen MR) is 72.0 cm³/mol. The number of methoxy groups -OCH3 is 2. The van der Waals surface area contributed by atoms with Crippen molar-refractivity contribution in [2.24, 2.45) is 0 Å². The number of amides is 1. The number of anilines is 1. The first-order valence-electron chi connectivity index (χ1n) is 5.42. The summed E-state index contributed by atoms with van der Waals surface area (Å²) < 4.78 is 10.4. The molecule has 0 bridgehead atoms. The minimum atomic E-state index is -0.245. The number of hydrogen-bond acceptors (Lipinski definition) is 5. The minimum Gasteiger partial charge on any atom is -0.493 e. The van der Waals surface area contributed by atoms with E-state index in [1.807, 2.05) is 0 Å². The van der Waals surface area contributed by atoms with E-state index in [1.54, 1.807) is 12.1 Å². The molecule has 6 nitrogen and oxygen atoms in total. The van der Waals surface area contributed by atoms with Crippen LogP contribution in [0.1, 0.15) is 6.92 Å². The van der Waals surface area contributed by atoms with Gasteiger partial charge in [-0.1, -0.05) is 0 Å². The number of aromatic nitrogens is 2. The standard InChI is InChI=1S/C12H12ClN3O3/c1-6(17)14-11-7-4-9(18-2)10(19-3)5-8(7)15-12(13)16-11/h4-5H,1-3H3,(H,14,15,16,17). The van der Waals surface area contributed by atoms with E-state index in [0.29, 0.717) is 28.2 Å². The lowest BCUT2D eigenvalue weighted by Crippen LogP contribution is -2.08. The van der Waals surface area contributed by atoms with Crippen LogP contribution in [0.5, 0.6) is 11.5 Å². The molecule has 100 valence electrons. The Hall–Kier alpha value is -2.08.